The van der Waals surface area contributed by atoms with Crippen LogP contribution in [-0.2, 0) is 30.5 Å². The lowest BCUT2D eigenvalue weighted by Crippen LogP contribution is -2.74. The van der Waals surface area contributed by atoms with Gasteiger partial charge in [-0.1, -0.05) is 56.5 Å². The van der Waals surface area contributed by atoms with Crippen molar-refractivity contribution in [3.8, 4) is 0 Å². The van der Waals surface area contributed by atoms with Crippen molar-refractivity contribution in [3.63, 3.8) is 0 Å². The van der Waals surface area contributed by atoms with Crippen LogP contribution in [0.4, 0.5) is 4.79 Å². The van der Waals surface area contributed by atoms with Crippen molar-refractivity contribution in [2.24, 2.45) is 5.92 Å². The highest BCUT2D eigenvalue weighted by Crippen LogP contribution is 2.30. The molecule has 1 aromatic carbocycles. The fourth-order valence-corrected chi connectivity index (χ4v) is 4.30. The van der Waals surface area contributed by atoms with Crippen LogP contribution in [0.5, 0.6) is 0 Å². The summed E-state index contributed by atoms with van der Waals surface area (Å²) in [5.74, 6) is -3.35. The van der Waals surface area contributed by atoms with Crippen LogP contribution >= 0.6 is 0 Å². The quantitative estimate of drug-likeness (QED) is 0.289. The molecule has 9 heteroatoms. The number of esters is 1. The molecule has 0 aromatic heterocycles. The van der Waals surface area contributed by atoms with Crippen LogP contribution in [0, 0.1) is 5.92 Å². The third-order valence-corrected chi connectivity index (χ3v) is 6.05. The molecule has 2 rings (SSSR count). The monoisotopic (exact) mass is 491 g/mol. The molecule has 194 valence electrons. The second-order valence-corrected chi connectivity index (χ2v) is 10.0. The number of hydrogen-bond donors (Lipinski definition) is 2. The molecule has 1 aliphatic heterocycles. The molecule has 2 N–H and O–H groups in total. The maximum absolute atomic E-state index is 14.0. The van der Waals surface area contributed by atoms with Gasteiger partial charge < -0.3 is 19.9 Å². The van der Waals surface area contributed by atoms with Crippen molar-refractivity contribution in [1.29, 1.82) is 0 Å². The first-order chi connectivity index (χ1) is 16.5. The number of hydrogen-bond acceptors (Lipinski definition) is 7. The first-order valence-corrected chi connectivity index (χ1v) is 12.3. The van der Waals surface area contributed by atoms with Crippen molar-refractivity contribution in [2.75, 3.05) is 19.6 Å². The number of carbonyl (C=O) groups excluding carboxylic acids is 3. The van der Waals surface area contributed by atoms with Gasteiger partial charge in [0.15, 0.2) is 0 Å². The van der Waals surface area contributed by atoms with Gasteiger partial charge in [-0.25, -0.2) is 9.59 Å². The summed E-state index contributed by atoms with van der Waals surface area (Å²) in [6.45, 7) is 7.37. The number of nitrogens with one attached hydrogen (secondary N) is 1. The molecule has 0 radical (unpaired) electrons. The second kappa shape index (κ2) is 12.8. The Labute approximate surface area is 207 Å². The van der Waals surface area contributed by atoms with E-state index in [2.05, 4.69) is 5.32 Å². The second-order valence-electron chi connectivity index (χ2n) is 10.0. The maximum atomic E-state index is 14.0. The standard InChI is InChI=1S/C26H38N2O7/c1-5-6-8-13-20(16-22(29)30)23(31)28(25(33)35-26(2,3)4)15-14-27-17-21(28)24(32)34-18-19-11-9-7-10-12-19/h7,9-12,20-21,27H,5-6,8,13-18H2,1-4H3/p+1/t20-,21?,28-/m1/s1. The van der Waals surface area contributed by atoms with E-state index in [1.54, 1.807) is 20.8 Å². The van der Waals surface area contributed by atoms with Crippen LogP contribution in [0.1, 0.15) is 65.4 Å². The highest BCUT2D eigenvalue weighted by atomic mass is 16.6. The van der Waals surface area contributed by atoms with Gasteiger partial charge >= 0.3 is 23.9 Å². The number of carboxylic acids is 1. The number of aliphatic carboxylic acids is 1. The van der Waals surface area contributed by atoms with Crippen LogP contribution in [-0.4, -0.2) is 64.8 Å². The number of rotatable bonds is 10. The van der Waals surface area contributed by atoms with Crippen molar-refractivity contribution in [1.82, 2.24) is 5.32 Å². The summed E-state index contributed by atoms with van der Waals surface area (Å²) >= 11 is 0. The molecule has 9 nitrogen and oxygen atoms in total. The first kappa shape index (κ1) is 28.5. The fourth-order valence-electron chi connectivity index (χ4n) is 4.30. The Hall–Kier alpha value is -2.78. The Morgan fingerprint density at radius 2 is 1.83 bits per heavy atom. The normalized spacial score (nSPS) is 21.1. The average molecular weight is 492 g/mol. The van der Waals surface area contributed by atoms with Crippen molar-refractivity contribution < 1.29 is 38.2 Å². The highest BCUT2D eigenvalue weighted by Gasteiger charge is 2.60. The van der Waals surface area contributed by atoms with Crippen LogP contribution in [0.2, 0.25) is 0 Å². The van der Waals surface area contributed by atoms with E-state index in [0.29, 0.717) is 19.4 Å². The Morgan fingerprint density at radius 1 is 1.14 bits per heavy atom. The van der Waals surface area contributed by atoms with E-state index in [4.69, 9.17) is 9.47 Å². The number of ether oxygens (including phenoxy) is 2. The van der Waals surface area contributed by atoms with Crippen LogP contribution in [0.3, 0.4) is 0 Å². The average Bonchev–Trinajstić information content (AvgIpc) is 2.80. The van der Waals surface area contributed by atoms with Crippen LogP contribution < -0.4 is 5.32 Å². The molecule has 1 heterocycles. The van der Waals surface area contributed by atoms with Gasteiger partial charge in [0, 0.05) is 6.54 Å². The predicted molar refractivity (Wildman–Crippen MR) is 129 cm³/mol. The molecule has 1 unspecified atom stereocenters. The van der Waals surface area contributed by atoms with Crippen molar-refractivity contribution in [2.45, 2.75) is 78.0 Å². The molecule has 1 aliphatic rings. The number of unbranched alkanes of at least 4 members (excludes halogenated alkanes) is 2. The van der Waals surface area contributed by atoms with Crippen molar-refractivity contribution in [3.05, 3.63) is 35.9 Å². The fraction of sp³-hybridized carbons (Fsp3) is 0.615. The Bertz CT molecular complexity index is 881. The van der Waals surface area contributed by atoms with Gasteiger partial charge in [0.25, 0.3) is 0 Å². The van der Waals surface area contributed by atoms with E-state index in [1.807, 2.05) is 37.3 Å². The summed E-state index contributed by atoms with van der Waals surface area (Å²) in [5.41, 5.74) is -0.133. The minimum absolute atomic E-state index is 0.00621. The lowest BCUT2D eigenvalue weighted by Gasteiger charge is -2.42. The molecule has 0 aliphatic carbocycles. The van der Waals surface area contributed by atoms with E-state index >= 15 is 0 Å². The van der Waals surface area contributed by atoms with Crippen molar-refractivity contribution >= 4 is 23.9 Å². The molecule has 3 atom stereocenters. The molecule has 35 heavy (non-hydrogen) atoms. The van der Waals surface area contributed by atoms with Gasteiger partial charge in [0.05, 0.1) is 18.9 Å². The van der Waals surface area contributed by atoms with Crippen LogP contribution in [0.15, 0.2) is 30.3 Å². The summed E-state index contributed by atoms with van der Waals surface area (Å²) in [5, 5.41) is 12.6. The first-order valence-electron chi connectivity index (χ1n) is 12.3. The number of amides is 2. The minimum atomic E-state index is -1.18. The SMILES string of the molecule is CCCCC[C@H](CC(=O)O)C(=O)[N@@+]1(C(=O)OC(C)(C)C)CCNCC1C(=O)OCc1ccccc1. The van der Waals surface area contributed by atoms with E-state index in [-0.39, 0.29) is 19.7 Å². The Morgan fingerprint density at radius 3 is 2.43 bits per heavy atom. The third kappa shape index (κ3) is 7.86. The van der Waals surface area contributed by atoms with Gasteiger partial charge in [0.1, 0.15) is 18.8 Å². The summed E-state index contributed by atoms with van der Waals surface area (Å²) < 4.78 is 10.3. The molecule has 0 spiro atoms. The Balaban J connectivity index is 2.44. The number of carboxylic acid groups (broad SMARTS) is 1. The zero-order valence-electron chi connectivity index (χ0n) is 21.2. The molecule has 0 bridgehead atoms. The molecule has 2 amide bonds. The number of carbonyl (C=O) groups is 4. The molecule has 1 saturated heterocycles. The number of benzene rings is 1. The summed E-state index contributed by atoms with van der Waals surface area (Å²) in [6.07, 6.45) is 1.44. The number of nitrogens with zero attached hydrogens (tertiary/aromatic N) is 1. The zero-order valence-corrected chi connectivity index (χ0v) is 21.2. The van der Waals surface area contributed by atoms with Gasteiger partial charge in [-0.2, -0.15) is 4.79 Å². The van der Waals surface area contributed by atoms with Gasteiger partial charge in [-0.05, 0) is 32.8 Å². The molecule has 1 aromatic rings. The minimum Gasteiger partial charge on any atom is -0.481 e. The smallest absolute Gasteiger partial charge is 0.481 e. The van der Waals surface area contributed by atoms with E-state index in [1.165, 1.54) is 0 Å². The number of piperazine rings is 1. The molecule has 0 saturated carbocycles. The predicted octanol–water partition coefficient (Wildman–Crippen LogP) is 3.65. The molecular formula is C26H39N2O7+. The van der Waals surface area contributed by atoms with Crippen LogP contribution in [0.25, 0.3) is 0 Å². The summed E-state index contributed by atoms with van der Waals surface area (Å²) in [4.78, 5) is 52.6. The topological polar surface area (TPSA) is 119 Å². The van der Waals surface area contributed by atoms with E-state index in [9.17, 15) is 24.3 Å². The molecular weight excluding hydrogens is 452 g/mol. The maximum Gasteiger partial charge on any atom is 0.524 e. The zero-order chi connectivity index (χ0) is 26.1. The lowest BCUT2D eigenvalue weighted by atomic mass is 9.93. The molecule has 1 fully saturated rings. The third-order valence-electron chi connectivity index (χ3n) is 6.05. The lowest BCUT2D eigenvalue weighted by molar-refractivity contribution is -0.806. The highest BCUT2D eigenvalue weighted by molar-refractivity contribution is 5.90. The van der Waals surface area contributed by atoms with Gasteiger partial charge in [-0.15, -0.1) is 4.48 Å². The van der Waals surface area contributed by atoms with E-state index < -0.39 is 52.4 Å². The number of imide groups is 1. The summed E-state index contributed by atoms with van der Waals surface area (Å²) in [6, 6.07) is 7.93. The number of quaternary nitrogens is 1. The van der Waals surface area contributed by atoms with Gasteiger partial charge in [0.2, 0.25) is 6.04 Å². The summed E-state index contributed by atoms with van der Waals surface area (Å²) in [7, 11) is 0. The van der Waals surface area contributed by atoms with Gasteiger partial charge in [-0.3, -0.25) is 4.79 Å². The Kier molecular flexibility index (Phi) is 10.4. The van der Waals surface area contributed by atoms with E-state index in [0.717, 1.165) is 18.4 Å². The largest absolute Gasteiger partial charge is 0.524 e.